The summed E-state index contributed by atoms with van der Waals surface area (Å²) in [7, 11) is 2.14. The second kappa shape index (κ2) is 5.08. The first kappa shape index (κ1) is 12.9. The van der Waals surface area contributed by atoms with Gasteiger partial charge in [0.2, 0.25) is 0 Å². The van der Waals surface area contributed by atoms with Gasteiger partial charge in [-0.05, 0) is 43.7 Å². The molecule has 3 nitrogen and oxygen atoms in total. The van der Waals surface area contributed by atoms with Gasteiger partial charge in [0.1, 0.15) is 10.8 Å². The van der Waals surface area contributed by atoms with Crippen LogP contribution in [0.1, 0.15) is 48.9 Å². The van der Waals surface area contributed by atoms with Crippen molar-refractivity contribution in [2.45, 2.75) is 51.0 Å². The maximum atomic E-state index is 5.91. The number of nitrogens with zero attached hydrogens (tertiary/aromatic N) is 2. The number of thiocarbonyl (C=S) groups is 1. The van der Waals surface area contributed by atoms with E-state index < -0.39 is 0 Å². The van der Waals surface area contributed by atoms with Gasteiger partial charge in [-0.3, -0.25) is 0 Å². The molecule has 1 aromatic heterocycles. The molecule has 0 aromatic carbocycles. The van der Waals surface area contributed by atoms with Gasteiger partial charge in [0.05, 0.1) is 5.56 Å². The van der Waals surface area contributed by atoms with Crippen molar-refractivity contribution >= 4 is 23.0 Å². The average molecular weight is 275 g/mol. The minimum atomic E-state index is 0.474. The fourth-order valence-electron chi connectivity index (χ4n) is 3.38. The van der Waals surface area contributed by atoms with Gasteiger partial charge in [0.25, 0.3) is 0 Å². The normalized spacial score (nSPS) is 18.6. The molecule has 0 bridgehead atoms. The number of nitrogens with two attached hydrogens (primary N) is 1. The van der Waals surface area contributed by atoms with Crippen molar-refractivity contribution in [1.29, 1.82) is 0 Å². The highest BCUT2D eigenvalue weighted by Gasteiger charge is 2.25. The molecule has 0 atom stereocenters. The molecule has 0 saturated heterocycles. The smallest absolute Gasteiger partial charge is 0.139 e. The molecule has 19 heavy (non-hydrogen) atoms. The van der Waals surface area contributed by atoms with Gasteiger partial charge in [-0.1, -0.05) is 25.1 Å². The van der Waals surface area contributed by atoms with Crippen LogP contribution in [0.3, 0.4) is 0 Å². The van der Waals surface area contributed by atoms with Gasteiger partial charge in [0.15, 0.2) is 0 Å². The zero-order valence-corrected chi connectivity index (χ0v) is 12.3. The maximum Gasteiger partial charge on any atom is 0.139 e. The van der Waals surface area contributed by atoms with Gasteiger partial charge in [-0.15, -0.1) is 0 Å². The van der Waals surface area contributed by atoms with Crippen LogP contribution in [0.25, 0.3) is 0 Å². The third kappa shape index (κ3) is 2.34. The summed E-state index contributed by atoms with van der Waals surface area (Å²) in [5.41, 5.74) is 9.46. The van der Waals surface area contributed by atoms with Gasteiger partial charge in [-0.2, -0.15) is 0 Å². The van der Waals surface area contributed by atoms with Crippen molar-refractivity contribution in [3.63, 3.8) is 0 Å². The molecule has 4 heteroatoms. The van der Waals surface area contributed by atoms with Crippen molar-refractivity contribution < 1.29 is 0 Å². The zero-order valence-electron chi connectivity index (χ0n) is 11.5. The molecule has 0 spiro atoms. The van der Waals surface area contributed by atoms with E-state index in [0.29, 0.717) is 11.0 Å². The highest BCUT2D eigenvalue weighted by Crippen LogP contribution is 2.31. The molecule has 1 heterocycles. The molecule has 1 aromatic rings. The first-order valence-corrected chi connectivity index (χ1v) is 7.63. The Morgan fingerprint density at radius 2 is 2.05 bits per heavy atom. The van der Waals surface area contributed by atoms with Gasteiger partial charge >= 0.3 is 0 Å². The summed E-state index contributed by atoms with van der Waals surface area (Å²) in [4.78, 5) is 7.66. The van der Waals surface area contributed by atoms with Crippen molar-refractivity contribution in [2.24, 2.45) is 5.73 Å². The summed E-state index contributed by atoms with van der Waals surface area (Å²) in [6, 6.07) is 2.78. The number of anilines is 1. The Bertz CT molecular complexity index is 506. The summed E-state index contributed by atoms with van der Waals surface area (Å²) in [5.74, 6) is 1.00. The van der Waals surface area contributed by atoms with Crippen molar-refractivity contribution in [1.82, 2.24) is 4.98 Å². The molecular formula is C15H21N3S. The van der Waals surface area contributed by atoms with E-state index in [0.717, 1.165) is 24.2 Å². The van der Waals surface area contributed by atoms with Crippen LogP contribution in [0, 0.1) is 0 Å². The predicted octanol–water partition coefficient (Wildman–Crippen LogP) is 2.58. The zero-order chi connectivity index (χ0) is 13.4. The predicted molar refractivity (Wildman–Crippen MR) is 82.8 cm³/mol. The lowest BCUT2D eigenvalue weighted by atomic mass is 10.1. The number of aryl methyl sites for hydroxylation is 2. The van der Waals surface area contributed by atoms with Crippen LogP contribution >= 0.6 is 12.2 Å². The summed E-state index contributed by atoms with van der Waals surface area (Å²) in [6.45, 7) is 0. The largest absolute Gasteiger partial charge is 0.389 e. The van der Waals surface area contributed by atoms with E-state index in [2.05, 4.69) is 18.0 Å². The molecule has 0 radical (unpaired) electrons. The molecule has 0 unspecified atom stereocenters. The van der Waals surface area contributed by atoms with Crippen LogP contribution in [0.15, 0.2) is 6.07 Å². The highest BCUT2D eigenvalue weighted by molar-refractivity contribution is 7.80. The molecule has 1 fully saturated rings. The number of fused-ring (bicyclic) bond motifs is 1. The summed E-state index contributed by atoms with van der Waals surface area (Å²) in [6.07, 6.45) is 8.57. The first-order chi connectivity index (χ1) is 9.16. The third-order valence-electron chi connectivity index (χ3n) is 4.50. The Labute approximate surface area is 120 Å². The Balaban J connectivity index is 2.00. The van der Waals surface area contributed by atoms with Gasteiger partial charge in [-0.25, -0.2) is 4.98 Å². The highest BCUT2D eigenvalue weighted by atomic mass is 32.1. The summed E-state index contributed by atoms with van der Waals surface area (Å²) in [5, 5.41) is 0. The molecule has 0 aliphatic heterocycles. The third-order valence-corrected chi connectivity index (χ3v) is 4.72. The van der Waals surface area contributed by atoms with E-state index in [9.17, 15) is 0 Å². The molecule has 102 valence electrons. The Hall–Kier alpha value is -1.16. The average Bonchev–Trinajstić information content (AvgIpc) is 3.06. The topological polar surface area (TPSA) is 42.2 Å². The van der Waals surface area contributed by atoms with Crippen LogP contribution < -0.4 is 10.6 Å². The monoisotopic (exact) mass is 275 g/mol. The van der Waals surface area contributed by atoms with E-state index in [4.69, 9.17) is 22.9 Å². The van der Waals surface area contributed by atoms with Crippen LogP contribution in [-0.2, 0) is 12.8 Å². The Kier molecular flexibility index (Phi) is 3.44. The second-order valence-electron chi connectivity index (χ2n) is 5.73. The van der Waals surface area contributed by atoms with Crippen molar-refractivity contribution in [3.8, 4) is 0 Å². The quantitative estimate of drug-likeness (QED) is 0.861. The minimum Gasteiger partial charge on any atom is -0.389 e. The molecule has 2 N–H and O–H groups in total. The lowest BCUT2D eigenvalue weighted by Gasteiger charge is -2.28. The lowest BCUT2D eigenvalue weighted by Crippen LogP contribution is -2.32. The molecular weight excluding hydrogens is 254 g/mol. The Morgan fingerprint density at radius 3 is 2.74 bits per heavy atom. The van der Waals surface area contributed by atoms with E-state index in [-0.39, 0.29) is 0 Å². The maximum absolute atomic E-state index is 5.91. The van der Waals surface area contributed by atoms with Gasteiger partial charge < -0.3 is 10.6 Å². The van der Waals surface area contributed by atoms with E-state index in [1.165, 1.54) is 43.4 Å². The SMILES string of the molecule is CN(c1nc2c(cc1C(N)=S)CCC2)C1CCCC1. The number of hydrogen-bond donors (Lipinski definition) is 1. The molecule has 2 aliphatic rings. The van der Waals surface area contributed by atoms with Crippen LogP contribution in [0.4, 0.5) is 5.82 Å². The first-order valence-electron chi connectivity index (χ1n) is 7.22. The van der Waals surface area contributed by atoms with Crippen molar-refractivity contribution in [3.05, 3.63) is 22.9 Å². The van der Waals surface area contributed by atoms with E-state index >= 15 is 0 Å². The number of pyridine rings is 1. The summed E-state index contributed by atoms with van der Waals surface area (Å²) < 4.78 is 0. The second-order valence-corrected chi connectivity index (χ2v) is 6.17. The van der Waals surface area contributed by atoms with E-state index in [1.54, 1.807) is 0 Å². The fourth-order valence-corrected chi connectivity index (χ4v) is 3.53. The van der Waals surface area contributed by atoms with Crippen LogP contribution in [0.2, 0.25) is 0 Å². The van der Waals surface area contributed by atoms with Crippen molar-refractivity contribution in [2.75, 3.05) is 11.9 Å². The van der Waals surface area contributed by atoms with E-state index in [1.807, 2.05) is 0 Å². The minimum absolute atomic E-state index is 0.474. The lowest BCUT2D eigenvalue weighted by molar-refractivity contribution is 0.645. The number of rotatable bonds is 3. The summed E-state index contributed by atoms with van der Waals surface area (Å²) >= 11 is 5.23. The van der Waals surface area contributed by atoms with Crippen LogP contribution in [-0.4, -0.2) is 23.1 Å². The molecule has 1 saturated carbocycles. The molecule has 0 amide bonds. The standard InChI is InChI=1S/C15H21N3S/c1-18(11-6-2-3-7-11)15-12(14(16)19)9-10-5-4-8-13(10)17-15/h9,11H,2-8H2,1H3,(H2,16,19). The number of aromatic nitrogens is 1. The molecule has 3 rings (SSSR count). The van der Waals surface area contributed by atoms with Crippen LogP contribution in [0.5, 0.6) is 0 Å². The molecule has 2 aliphatic carbocycles. The van der Waals surface area contributed by atoms with Gasteiger partial charge in [0, 0.05) is 18.8 Å². The fraction of sp³-hybridized carbons (Fsp3) is 0.600. The Morgan fingerprint density at radius 1 is 1.32 bits per heavy atom. The number of hydrogen-bond acceptors (Lipinski definition) is 3.